The zero-order valence-corrected chi connectivity index (χ0v) is 21.6. The lowest BCUT2D eigenvalue weighted by Crippen LogP contribution is -2.33. The highest BCUT2D eigenvalue weighted by Gasteiger charge is 2.16. The summed E-state index contributed by atoms with van der Waals surface area (Å²) >= 11 is 0. The van der Waals surface area contributed by atoms with Gasteiger partial charge in [-0.3, -0.25) is 19.5 Å². The van der Waals surface area contributed by atoms with E-state index in [-0.39, 0.29) is 22.4 Å². The van der Waals surface area contributed by atoms with Gasteiger partial charge in [-0.05, 0) is 61.0 Å². The second kappa shape index (κ2) is 11.9. The number of aromatic nitrogens is 2. The van der Waals surface area contributed by atoms with Crippen molar-refractivity contribution in [2.24, 2.45) is 5.10 Å². The highest BCUT2D eigenvalue weighted by Crippen LogP contribution is 2.15. The third-order valence-corrected chi connectivity index (χ3v) is 5.79. The number of halogens is 1. The summed E-state index contributed by atoms with van der Waals surface area (Å²) in [7, 11) is 3.81. The third kappa shape index (κ3) is 6.55. The number of hydrogen-bond acceptors (Lipinski definition) is 5. The summed E-state index contributed by atoms with van der Waals surface area (Å²) in [5.41, 5.74) is 5.00. The minimum atomic E-state index is -0.732. The molecule has 1 aromatic heterocycles. The summed E-state index contributed by atoms with van der Waals surface area (Å²) in [4.78, 5) is 40.6. The van der Waals surface area contributed by atoms with E-state index < -0.39 is 17.6 Å². The van der Waals surface area contributed by atoms with Gasteiger partial charge in [-0.2, -0.15) is 5.10 Å². The molecule has 10 heteroatoms. The SMILES string of the molecule is Cc1[nH]n(-c2ccccc2)c(=O)c1/C=N/NC(=O)/C(=C/c1ccc(N(C)C)cc1)NC(=O)c1cccc(F)c1. The van der Waals surface area contributed by atoms with Crippen molar-refractivity contribution in [1.82, 2.24) is 20.5 Å². The minimum Gasteiger partial charge on any atom is -0.378 e. The largest absolute Gasteiger partial charge is 0.378 e. The Morgan fingerprint density at radius 3 is 2.38 bits per heavy atom. The van der Waals surface area contributed by atoms with E-state index in [2.05, 4.69) is 20.9 Å². The Hall–Kier alpha value is -5.25. The van der Waals surface area contributed by atoms with Crippen LogP contribution < -0.4 is 21.2 Å². The Morgan fingerprint density at radius 1 is 1.00 bits per heavy atom. The van der Waals surface area contributed by atoms with Crippen LogP contribution in [0, 0.1) is 12.7 Å². The molecule has 9 nitrogen and oxygen atoms in total. The van der Waals surface area contributed by atoms with Crippen molar-refractivity contribution in [3.8, 4) is 5.69 Å². The van der Waals surface area contributed by atoms with Crippen molar-refractivity contribution in [3.05, 3.63) is 123 Å². The van der Waals surface area contributed by atoms with Gasteiger partial charge in [-0.15, -0.1) is 0 Å². The number of para-hydroxylation sites is 1. The number of carbonyl (C=O) groups is 2. The van der Waals surface area contributed by atoms with E-state index in [1.54, 1.807) is 31.2 Å². The lowest BCUT2D eigenvalue weighted by atomic mass is 10.1. The van der Waals surface area contributed by atoms with Gasteiger partial charge in [0.2, 0.25) is 0 Å². The second-order valence-electron chi connectivity index (χ2n) is 8.83. The number of aryl methyl sites for hydroxylation is 1. The molecule has 39 heavy (non-hydrogen) atoms. The monoisotopic (exact) mass is 526 g/mol. The van der Waals surface area contributed by atoms with Gasteiger partial charge < -0.3 is 10.2 Å². The zero-order valence-electron chi connectivity index (χ0n) is 21.6. The van der Waals surface area contributed by atoms with Gasteiger partial charge in [-0.1, -0.05) is 36.4 Å². The highest BCUT2D eigenvalue weighted by atomic mass is 19.1. The molecule has 0 aliphatic heterocycles. The first-order valence-corrected chi connectivity index (χ1v) is 12.0. The third-order valence-electron chi connectivity index (χ3n) is 5.79. The van der Waals surface area contributed by atoms with E-state index in [1.807, 2.05) is 49.3 Å². The summed E-state index contributed by atoms with van der Waals surface area (Å²) in [6.07, 6.45) is 2.72. The van der Waals surface area contributed by atoms with Crippen LogP contribution in [0.15, 0.2) is 94.5 Å². The van der Waals surface area contributed by atoms with Crippen LogP contribution in [0.4, 0.5) is 10.1 Å². The van der Waals surface area contributed by atoms with Crippen LogP contribution in [0.5, 0.6) is 0 Å². The summed E-state index contributed by atoms with van der Waals surface area (Å²) in [6.45, 7) is 1.71. The molecule has 0 saturated carbocycles. The van der Waals surface area contributed by atoms with Crippen molar-refractivity contribution in [3.63, 3.8) is 0 Å². The van der Waals surface area contributed by atoms with Gasteiger partial charge in [0.25, 0.3) is 17.4 Å². The number of carbonyl (C=O) groups excluding carboxylic acids is 2. The molecule has 1 heterocycles. The molecular weight excluding hydrogens is 499 g/mol. The minimum absolute atomic E-state index is 0.0459. The highest BCUT2D eigenvalue weighted by molar-refractivity contribution is 6.05. The molecule has 0 aliphatic rings. The van der Waals surface area contributed by atoms with Crippen LogP contribution in [0.2, 0.25) is 0 Å². The van der Waals surface area contributed by atoms with Crippen molar-refractivity contribution >= 4 is 29.8 Å². The van der Waals surface area contributed by atoms with Crippen LogP contribution in [-0.2, 0) is 4.79 Å². The lowest BCUT2D eigenvalue weighted by molar-refractivity contribution is -0.117. The number of nitrogens with one attached hydrogen (secondary N) is 3. The topological polar surface area (TPSA) is 112 Å². The molecule has 0 fully saturated rings. The normalized spacial score (nSPS) is 11.4. The Balaban J connectivity index is 1.58. The van der Waals surface area contributed by atoms with Crippen molar-refractivity contribution in [2.75, 3.05) is 19.0 Å². The Labute approximate surface area is 224 Å². The first kappa shape index (κ1) is 26.8. The van der Waals surface area contributed by atoms with E-state index in [0.29, 0.717) is 16.9 Å². The van der Waals surface area contributed by atoms with Crippen molar-refractivity contribution < 1.29 is 14.0 Å². The Bertz CT molecular complexity index is 1600. The van der Waals surface area contributed by atoms with Gasteiger partial charge in [0, 0.05) is 31.0 Å². The summed E-state index contributed by atoms with van der Waals surface area (Å²) < 4.78 is 15.0. The fraction of sp³-hybridized carbons (Fsp3) is 0.103. The van der Waals surface area contributed by atoms with E-state index in [0.717, 1.165) is 11.8 Å². The average Bonchev–Trinajstić information content (AvgIpc) is 3.21. The molecule has 198 valence electrons. The van der Waals surface area contributed by atoms with E-state index in [4.69, 9.17) is 0 Å². The molecule has 0 radical (unpaired) electrons. The molecule has 4 aromatic rings. The molecule has 3 N–H and O–H groups in total. The maximum Gasteiger partial charge on any atom is 0.287 e. The average molecular weight is 527 g/mol. The van der Waals surface area contributed by atoms with Gasteiger partial charge in [0.15, 0.2) is 0 Å². The van der Waals surface area contributed by atoms with Gasteiger partial charge in [-0.25, -0.2) is 14.5 Å². The van der Waals surface area contributed by atoms with Crippen LogP contribution in [0.3, 0.4) is 0 Å². The van der Waals surface area contributed by atoms with E-state index in [1.165, 1.54) is 35.2 Å². The Kier molecular flexibility index (Phi) is 8.15. The van der Waals surface area contributed by atoms with Crippen LogP contribution in [0.1, 0.15) is 27.2 Å². The smallest absolute Gasteiger partial charge is 0.287 e. The number of anilines is 1. The summed E-state index contributed by atoms with van der Waals surface area (Å²) in [6, 6.07) is 21.5. The summed E-state index contributed by atoms with van der Waals surface area (Å²) in [5, 5.41) is 9.46. The molecule has 0 unspecified atom stereocenters. The number of hydrazone groups is 1. The number of hydrogen-bond donors (Lipinski definition) is 3. The van der Waals surface area contributed by atoms with Crippen LogP contribution in [-0.4, -0.2) is 41.9 Å². The zero-order chi connectivity index (χ0) is 27.9. The maximum absolute atomic E-state index is 13.6. The number of amides is 2. The number of nitrogens with zero attached hydrogens (tertiary/aromatic N) is 3. The standard InChI is InChI=1S/C29H27FN6O3/c1-19-25(29(39)36(34-19)24-10-5-4-6-11-24)18-31-33-28(38)26(16-20-12-14-23(15-13-20)35(2)3)32-27(37)21-8-7-9-22(30)17-21/h4-18,34H,1-3H3,(H,32,37)(H,33,38)/b26-16-,31-18+. The molecule has 3 aromatic carbocycles. The number of benzene rings is 3. The molecule has 2 amide bonds. The predicted molar refractivity (Wildman–Crippen MR) is 149 cm³/mol. The van der Waals surface area contributed by atoms with Crippen molar-refractivity contribution in [1.29, 1.82) is 0 Å². The van der Waals surface area contributed by atoms with E-state index in [9.17, 15) is 18.8 Å². The van der Waals surface area contributed by atoms with Crippen LogP contribution >= 0.6 is 0 Å². The number of aromatic amines is 1. The molecule has 4 rings (SSSR count). The van der Waals surface area contributed by atoms with Crippen molar-refractivity contribution in [2.45, 2.75) is 6.92 Å². The lowest BCUT2D eigenvalue weighted by Gasteiger charge is -2.12. The number of H-pyrrole nitrogens is 1. The fourth-order valence-corrected chi connectivity index (χ4v) is 3.70. The number of rotatable bonds is 8. The van der Waals surface area contributed by atoms with Gasteiger partial charge in [0.05, 0.1) is 17.5 Å². The first-order valence-electron chi connectivity index (χ1n) is 12.0. The summed E-state index contributed by atoms with van der Waals surface area (Å²) in [5.74, 6) is -1.98. The second-order valence-corrected chi connectivity index (χ2v) is 8.83. The van der Waals surface area contributed by atoms with Crippen LogP contribution in [0.25, 0.3) is 11.8 Å². The van der Waals surface area contributed by atoms with Gasteiger partial charge in [0.1, 0.15) is 11.5 Å². The molecular formula is C29H27FN6O3. The van der Waals surface area contributed by atoms with Gasteiger partial charge >= 0.3 is 0 Å². The van der Waals surface area contributed by atoms with E-state index >= 15 is 0 Å². The fourth-order valence-electron chi connectivity index (χ4n) is 3.70. The quantitative estimate of drug-likeness (QED) is 0.185. The molecule has 0 aliphatic carbocycles. The molecule has 0 bridgehead atoms. The molecule has 0 spiro atoms. The molecule has 0 atom stereocenters. The molecule has 0 saturated heterocycles. The first-order chi connectivity index (χ1) is 18.7. The predicted octanol–water partition coefficient (Wildman–Crippen LogP) is 3.60. The Morgan fingerprint density at radius 2 is 1.72 bits per heavy atom. The maximum atomic E-state index is 13.6.